The number of benzene rings is 1. The van der Waals surface area contributed by atoms with E-state index in [9.17, 15) is 0 Å². The predicted molar refractivity (Wildman–Crippen MR) is 97.0 cm³/mol. The number of pyridine rings is 1. The van der Waals surface area contributed by atoms with Gasteiger partial charge >= 0.3 is 0 Å². The number of thiazole rings is 1. The first-order valence-electron chi connectivity index (χ1n) is 8.12. The Balaban J connectivity index is 1.83. The topological polar surface area (TPSA) is 37.8 Å². The maximum Gasteiger partial charge on any atom is 0.183 e. The van der Waals surface area contributed by atoms with Crippen LogP contribution in [0.25, 0.3) is 21.7 Å². The maximum atomic E-state index is 4.85. The van der Waals surface area contributed by atoms with E-state index in [1.807, 2.05) is 18.5 Å². The van der Waals surface area contributed by atoms with Gasteiger partial charge in [-0.3, -0.25) is 4.98 Å². The first kappa shape index (κ1) is 14.4. The molecule has 0 bridgehead atoms. The number of anilines is 1. The van der Waals surface area contributed by atoms with Crippen LogP contribution in [0.1, 0.15) is 24.5 Å². The van der Waals surface area contributed by atoms with Crippen molar-refractivity contribution in [3.8, 4) is 21.7 Å². The van der Waals surface area contributed by atoms with Gasteiger partial charge in [-0.15, -0.1) is 0 Å². The van der Waals surface area contributed by atoms with E-state index in [1.54, 1.807) is 11.3 Å². The summed E-state index contributed by atoms with van der Waals surface area (Å²) in [5, 5.41) is 4.32. The van der Waals surface area contributed by atoms with Gasteiger partial charge in [0.2, 0.25) is 0 Å². The first-order valence-corrected chi connectivity index (χ1v) is 8.94. The van der Waals surface area contributed by atoms with E-state index in [0.29, 0.717) is 0 Å². The quantitative estimate of drug-likeness (QED) is 0.750. The molecule has 116 valence electrons. The molecule has 1 aliphatic rings. The molecule has 1 aromatic carbocycles. The second-order valence-electron chi connectivity index (χ2n) is 5.81. The number of nitrogens with one attached hydrogen (secondary N) is 1. The van der Waals surface area contributed by atoms with Crippen molar-refractivity contribution in [3.63, 3.8) is 0 Å². The maximum absolute atomic E-state index is 4.85. The van der Waals surface area contributed by atoms with E-state index in [-0.39, 0.29) is 0 Å². The molecule has 0 aliphatic heterocycles. The van der Waals surface area contributed by atoms with E-state index >= 15 is 0 Å². The van der Waals surface area contributed by atoms with Crippen molar-refractivity contribution in [1.82, 2.24) is 9.97 Å². The lowest BCUT2D eigenvalue weighted by molar-refractivity contribution is 0.912. The molecule has 0 amide bonds. The van der Waals surface area contributed by atoms with Crippen LogP contribution < -0.4 is 5.32 Å². The van der Waals surface area contributed by atoms with Gasteiger partial charge in [0.05, 0.1) is 10.6 Å². The van der Waals surface area contributed by atoms with Gasteiger partial charge in [0.1, 0.15) is 0 Å². The number of aryl methyl sites for hydroxylation is 2. The van der Waals surface area contributed by atoms with Gasteiger partial charge in [-0.25, -0.2) is 4.98 Å². The molecule has 0 saturated heterocycles. The summed E-state index contributed by atoms with van der Waals surface area (Å²) >= 11 is 1.70. The van der Waals surface area contributed by atoms with E-state index in [0.717, 1.165) is 22.9 Å². The molecule has 2 heterocycles. The van der Waals surface area contributed by atoms with Gasteiger partial charge in [0.25, 0.3) is 0 Å². The van der Waals surface area contributed by atoms with Gasteiger partial charge in [0.15, 0.2) is 5.13 Å². The number of nitrogens with zero attached hydrogens (tertiary/aromatic N) is 2. The summed E-state index contributed by atoms with van der Waals surface area (Å²) in [7, 11) is 0. The molecule has 23 heavy (non-hydrogen) atoms. The fraction of sp³-hybridized carbons (Fsp3) is 0.263. The fourth-order valence-electron chi connectivity index (χ4n) is 3.15. The first-order chi connectivity index (χ1) is 11.3. The highest BCUT2D eigenvalue weighted by Crippen LogP contribution is 2.39. The van der Waals surface area contributed by atoms with Gasteiger partial charge in [-0.05, 0) is 49.4 Å². The average molecular weight is 321 g/mol. The van der Waals surface area contributed by atoms with Crippen LogP contribution in [-0.4, -0.2) is 16.5 Å². The molecule has 4 rings (SSSR count). The molecule has 2 aromatic heterocycles. The number of hydrogen-bond donors (Lipinski definition) is 1. The Bertz CT molecular complexity index is 824. The molecule has 0 saturated carbocycles. The molecular formula is C19H19N3S. The number of fused-ring (bicyclic) bond motifs is 1. The van der Waals surface area contributed by atoms with Gasteiger partial charge < -0.3 is 5.32 Å². The van der Waals surface area contributed by atoms with Crippen LogP contribution in [-0.2, 0) is 12.8 Å². The van der Waals surface area contributed by atoms with Gasteiger partial charge in [-0.2, -0.15) is 0 Å². The predicted octanol–water partition coefficient (Wildman–Crippen LogP) is 4.79. The standard InChI is InChI=1S/C19H19N3S/c1-2-21-19-22-17(18(23-19)16-7-4-10-20-12-16)15-9-8-13-5-3-6-14(13)11-15/h4,7-12H,2-3,5-6H2,1H3,(H,21,22). The van der Waals surface area contributed by atoms with Crippen molar-refractivity contribution < 1.29 is 0 Å². The summed E-state index contributed by atoms with van der Waals surface area (Å²) in [6, 6.07) is 10.9. The third-order valence-electron chi connectivity index (χ3n) is 4.25. The van der Waals surface area contributed by atoms with E-state index in [2.05, 4.69) is 41.5 Å². The Hall–Kier alpha value is -2.20. The van der Waals surface area contributed by atoms with Crippen LogP contribution in [0.3, 0.4) is 0 Å². The van der Waals surface area contributed by atoms with Gasteiger partial charge in [0, 0.05) is 30.1 Å². The summed E-state index contributed by atoms with van der Waals surface area (Å²) in [4.78, 5) is 10.3. The van der Waals surface area contributed by atoms with Gasteiger partial charge in [-0.1, -0.05) is 29.5 Å². The summed E-state index contributed by atoms with van der Waals surface area (Å²) < 4.78 is 0. The van der Waals surface area contributed by atoms with Crippen molar-refractivity contribution in [3.05, 3.63) is 53.9 Å². The SMILES string of the molecule is CCNc1nc(-c2ccc3c(c2)CCC3)c(-c2cccnc2)s1. The van der Waals surface area contributed by atoms with Crippen LogP contribution in [0.15, 0.2) is 42.7 Å². The third-order valence-corrected chi connectivity index (χ3v) is 5.31. The minimum atomic E-state index is 0.879. The zero-order valence-electron chi connectivity index (χ0n) is 13.2. The van der Waals surface area contributed by atoms with E-state index in [1.165, 1.54) is 40.8 Å². The van der Waals surface area contributed by atoms with Crippen LogP contribution in [0, 0.1) is 0 Å². The summed E-state index contributed by atoms with van der Waals surface area (Å²) in [6.07, 6.45) is 7.40. The normalized spacial score (nSPS) is 13.1. The summed E-state index contributed by atoms with van der Waals surface area (Å²) in [5.74, 6) is 0. The van der Waals surface area contributed by atoms with Crippen LogP contribution in [0.4, 0.5) is 5.13 Å². The molecule has 0 spiro atoms. The molecule has 0 fully saturated rings. The van der Waals surface area contributed by atoms with Crippen molar-refractivity contribution in [2.45, 2.75) is 26.2 Å². The average Bonchev–Trinajstić information content (AvgIpc) is 3.22. The lowest BCUT2D eigenvalue weighted by Crippen LogP contribution is -1.95. The monoisotopic (exact) mass is 321 g/mol. The second-order valence-corrected chi connectivity index (χ2v) is 6.80. The molecule has 0 atom stereocenters. The highest BCUT2D eigenvalue weighted by atomic mass is 32.1. The van der Waals surface area contributed by atoms with Crippen LogP contribution >= 0.6 is 11.3 Å². The Morgan fingerprint density at radius 2 is 2.04 bits per heavy atom. The molecule has 1 N–H and O–H groups in total. The smallest absolute Gasteiger partial charge is 0.183 e. The summed E-state index contributed by atoms with van der Waals surface area (Å²) in [5.41, 5.74) is 6.39. The van der Waals surface area contributed by atoms with Crippen molar-refractivity contribution in [2.75, 3.05) is 11.9 Å². The van der Waals surface area contributed by atoms with E-state index < -0.39 is 0 Å². The highest BCUT2D eigenvalue weighted by Gasteiger charge is 2.17. The molecule has 4 heteroatoms. The lowest BCUT2D eigenvalue weighted by atomic mass is 10.0. The summed E-state index contributed by atoms with van der Waals surface area (Å²) in [6.45, 7) is 2.98. The molecule has 3 aromatic rings. The number of rotatable bonds is 4. The highest BCUT2D eigenvalue weighted by molar-refractivity contribution is 7.19. The van der Waals surface area contributed by atoms with Crippen molar-refractivity contribution >= 4 is 16.5 Å². The van der Waals surface area contributed by atoms with Crippen LogP contribution in [0.5, 0.6) is 0 Å². The Kier molecular flexibility index (Phi) is 3.83. The van der Waals surface area contributed by atoms with Crippen LogP contribution in [0.2, 0.25) is 0 Å². The zero-order chi connectivity index (χ0) is 15.6. The fourth-order valence-corrected chi connectivity index (χ4v) is 4.20. The zero-order valence-corrected chi connectivity index (χ0v) is 14.0. The molecule has 3 nitrogen and oxygen atoms in total. The Morgan fingerprint density at radius 1 is 1.13 bits per heavy atom. The third kappa shape index (κ3) is 2.75. The minimum absolute atomic E-state index is 0.879. The Morgan fingerprint density at radius 3 is 2.87 bits per heavy atom. The largest absolute Gasteiger partial charge is 0.362 e. The molecule has 0 unspecified atom stereocenters. The minimum Gasteiger partial charge on any atom is -0.362 e. The number of hydrogen-bond acceptors (Lipinski definition) is 4. The molecule has 1 aliphatic carbocycles. The molecular weight excluding hydrogens is 302 g/mol. The molecule has 0 radical (unpaired) electrons. The van der Waals surface area contributed by atoms with E-state index in [4.69, 9.17) is 4.98 Å². The second kappa shape index (κ2) is 6.13. The van der Waals surface area contributed by atoms with Crippen molar-refractivity contribution in [2.24, 2.45) is 0 Å². The Labute approximate surface area is 140 Å². The number of aromatic nitrogens is 2. The lowest BCUT2D eigenvalue weighted by Gasteiger charge is -2.05. The van der Waals surface area contributed by atoms with Crippen molar-refractivity contribution in [1.29, 1.82) is 0 Å².